The van der Waals surface area contributed by atoms with E-state index in [9.17, 15) is 9.59 Å². The van der Waals surface area contributed by atoms with Gasteiger partial charge >= 0.3 is 0 Å². The summed E-state index contributed by atoms with van der Waals surface area (Å²) < 4.78 is 0. The van der Waals surface area contributed by atoms with Crippen LogP contribution in [0.15, 0.2) is 0 Å². The van der Waals surface area contributed by atoms with E-state index >= 15 is 0 Å². The molecule has 2 saturated carbocycles. The summed E-state index contributed by atoms with van der Waals surface area (Å²) in [7, 11) is 0. The second-order valence-corrected chi connectivity index (χ2v) is 6.22. The molecule has 1 saturated heterocycles. The fourth-order valence-electron chi connectivity index (χ4n) is 4.01. The van der Waals surface area contributed by atoms with Crippen LogP contribution in [0.2, 0.25) is 0 Å². The molecule has 3 unspecified atom stereocenters. The lowest BCUT2D eigenvalue weighted by Crippen LogP contribution is -2.47. The predicted molar refractivity (Wildman–Crippen MR) is 71.1 cm³/mol. The lowest BCUT2D eigenvalue weighted by atomic mass is 10.0. The zero-order chi connectivity index (χ0) is 13.4. The molecule has 0 radical (unpaired) electrons. The Bertz CT molecular complexity index is 367. The first-order valence-electron chi connectivity index (χ1n) is 7.48. The minimum Gasteiger partial charge on any atom is -0.368 e. The Balaban J connectivity index is 1.68. The summed E-state index contributed by atoms with van der Waals surface area (Å²) in [5, 5.41) is 3.26. The maximum absolute atomic E-state index is 12.7. The number of fused-ring (bicyclic) bond motifs is 1. The second kappa shape index (κ2) is 5.12. The third-order valence-electron chi connectivity index (χ3n) is 5.03. The Labute approximate surface area is 113 Å². The van der Waals surface area contributed by atoms with E-state index in [-0.39, 0.29) is 24.4 Å². The molecule has 3 aliphatic rings. The van der Waals surface area contributed by atoms with Crippen LogP contribution in [0.3, 0.4) is 0 Å². The Morgan fingerprint density at radius 2 is 1.84 bits per heavy atom. The molecule has 0 bridgehead atoms. The highest BCUT2D eigenvalue weighted by atomic mass is 16.2. The van der Waals surface area contributed by atoms with Crippen LogP contribution in [0.5, 0.6) is 0 Å². The summed E-state index contributed by atoms with van der Waals surface area (Å²) in [4.78, 5) is 25.7. The van der Waals surface area contributed by atoms with Crippen molar-refractivity contribution in [2.45, 2.75) is 38.1 Å². The zero-order valence-corrected chi connectivity index (χ0v) is 11.3. The monoisotopic (exact) mass is 265 g/mol. The highest BCUT2D eigenvalue weighted by Crippen LogP contribution is 2.56. The third kappa shape index (κ3) is 2.48. The molecule has 1 aliphatic heterocycles. The van der Waals surface area contributed by atoms with Gasteiger partial charge in [-0.3, -0.25) is 9.59 Å². The van der Waals surface area contributed by atoms with Gasteiger partial charge in [0.25, 0.3) is 0 Å². The molecule has 5 nitrogen and oxygen atoms in total. The third-order valence-corrected chi connectivity index (χ3v) is 5.03. The molecule has 3 N–H and O–H groups in total. The lowest BCUT2D eigenvalue weighted by Gasteiger charge is -2.27. The van der Waals surface area contributed by atoms with Crippen molar-refractivity contribution in [3.05, 3.63) is 0 Å². The van der Waals surface area contributed by atoms with Crippen molar-refractivity contribution in [1.82, 2.24) is 10.2 Å². The molecule has 3 rings (SSSR count). The fourth-order valence-corrected chi connectivity index (χ4v) is 4.01. The SMILES string of the molecule is NC(=O)CN(C(=O)C1C2CCCCC21)C1CCNC1. The number of carbonyl (C=O) groups excluding carboxylic acids is 2. The van der Waals surface area contributed by atoms with Crippen molar-refractivity contribution < 1.29 is 9.59 Å². The second-order valence-electron chi connectivity index (χ2n) is 6.22. The van der Waals surface area contributed by atoms with Gasteiger partial charge in [0.15, 0.2) is 0 Å². The number of primary amides is 1. The first kappa shape index (κ1) is 12.9. The molecule has 2 amide bonds. The Morgan fingerprint density at radius 1 is 1.16 bits per heavy atom. The molecule has 1 heterocycles. The highest BCUT2D eigenvalue weighted by molar-refractivity contribution is 5.87. The first-order chi connectivity index (χ1) is 9.18. The number of rotatable bonds is 4. The summed E-state index contributed by atoms with van der Waals surface area (Å²) in [6, 6.07) is 0.155. The van der Waals surface area contributed by atoms with E-state index in [0.29, 0.717) is 11.8 Å². The smallest absolute Gasteiger partial charge is 0.237 e. The highest BCUT2D eigenvalue weighted by Gasteiger charge is 2.56. The topological polar surface area (TPSA) is 75.4 Å². The Kier molecular flexibility index (Phi) is 3.48. The van der Waals surface area contributed by atoms with Gasteiger partial charge in [0, 0.05) is 18.5 Å². The van der Waals surface area contributed by atoms with Crippen LogP contribution in [0, 0.1) is 17.8 Å². The number of amides is 2. The van der Waals surface area contributed by atoms with Gasteiger partial charge in [0.2, 0.25) is 11.8 Å². The van der Waals surface area contributed by atoms with Crippen LogP contribution in [0.25, 0.3) is 0 Å². The minimum absolute atomic E-state index is 0.0844. The van der Waals surface area contributed by atoms with Gasteiger partial charge in [-0.25, -0.2) is 0 Å². The fraction of sp³-hybridized carbons (Fsp3) is 0.857. The first-order valence-corrected chi connectivity index (χ1v) is 7.48. The average molecular weight is 265 g/mol. The van der Waals surface area contributed by atoms with E-state index in [1.807, 2.05) is 0 Å². The largest absolute Gasteiger partial charge is 0.368 e. The normalized spacial score (nSPS) is 36.6. The average Bonchev–Trinajstić information content (AvgIpc) is 2.86. The van der Waals surface area contributed by atoms with Crippen molar-refractivity contribution in [3.63, 3.8) is 0 Å². The van der Waals surface area contributed by atoms with Gasteiger partial charge in [-0.1, -0.05) is 12.8 Å². The summed E-state index contributed by atoms with van der Waals surface area (Å²) >= 11 is 0. The maximum Gasteiger partial charge on any atom is 0.237 e. The van der Waals surface area contributed by atoms with Crippen molar-refractivity contribution in [2.24, 2.45) is 23.5 Å². The van der Waals surface area contributed by atoms with Gasteiger partial charge in [0.05, 0.1) is 6.54 Å². The number of nitrogens with one attached hydrogen (secondary N) is 1. The van der Waals surface area contributed by atoms with Gasteiger partial charge in [0.1, 0.15) is 0 Å². The van der Waals surface area contributed by atoms with Crippen molar-refractivity contribution in [2.75, 3.05) is 19.6 Å². The molecule has 0 aromatic carbocycles. The van der Waals surface area contributed by atoms with E-state index in [1.165, 1.54) is 25.7 Å². The quantitative estimate of drug-likeness (QED) is 0.757. The zero-order valence-electron chi connectivity index (χ0n) is 11.3. The van der Waals surface area contributed by atoms with Crippen LogP contribution < -0.4 is 11.1 Å². The van der Waals surface area contributed by atoms with Crippen LogP contribution in [-0.2, 0) is 9.59 Å². The molecule has 19 heavy (non-hydrogen) atoms. The van der Waals surface area contributed by atoms with Crippen molar-refractivity contribution in [3.8, 4) is 0 Å². The minimum atomic E-state index is -0.399. The molecular weight excluding hydrogens is 242 g/mol. The Hall–Kier alpha value is -1.10. The molecule has 106 valence electrons. The summed E-state index contributed by atoms with van der Waals surface area (Å²) in [5.74, 6) is 1.15. The molecule has 0 aromatic heterocycles. The number of hydrogen-bond donors (Lipinski definition) is 2. The molecule has 3 atom stereocenters. The van der Waals surface area contributed by atoms with Crippen molar-refractivity contribution in [1.29, 1.82) is 0 Å². The number of carbonyl (C=O) groups is 2. The van der Waals surface area contributed by atoms with Crippen molar-refractivity contribution >= 4 is 11.8 Å². The number of nitrogens with zero attached hydrogens (tertiary/aromatic N) is 1. The number of nitrogens with two attached hydrogens (primary N) is 1. The summed E-state index contributed by atoms with van der Waals surface area (Å²) in [5.41, 5.74) is 5.31. The molecule has 3 fully saturated rings. The molecule has 0 aromatic rings. The van der Waals surface area contributed by atoms with Gasteiger partial charge < -0.3 is 16.0 Å². The molecule has 5 heteroatoms. The lowest BCUT2D eigenvalue weighted by molar-refractivity contribution is -0.138. The summed E-state index contributed by atoms with van der Waals surface area (Å²) in [6.45, 7) is 1.80. The van der Waals surface area contributed by atoms with E-state index in [1.54, 1.807) is 4.90 Å². The van der Waals surface area contributed by atoms with E-state index < -0.39 is 5.91 Å². The number of hydrogen-bond acceptors (Lipinski definition) is 3. The van der Waals surface area contributed by atoms with Crippen LogP contribution in [0.4, 0.5) is 0 Å². The van der Waals surface area contributed by atoms with Crippen LogP contribution in [0.1, 0.15) is 32.1 Å². The predicted octanol–water partition coefficient (Wildman–Crippen LogP) is 0.0984. The van der Waals surface area contributed by atoms with Gasteiger partial charge in [-0.05, 0) is 37.6 Å². The van der Waals surface area contributed by atoms with Gasteiger partial charge in [-0.2, -0.15) is 0 Å². The molecule has 2 aliphatic carbocycles. The van der Waals surface area contributed by atoms with Crippen LogP contribution in [-0.4, -0.2) is 42.4 Å². The summed E-state index contributed by atoms with van der Waals surface area (Å²) in [6.07, 6.45) is 5.82. The van der Waals surface area contributed by atoms with E-state index in [2.05, 4.69) is 5.32 Å². The van der Waals surface area contributed by atoms with Gasteiger partial charge in [-0.15, -0.1) is 0 Å². The molecule has 0 spiro atoms. The van der Waals surface area contributed by atoms with E-state index in [0.717, 1.165) is 19.5 Å². The van der Waals surface area contributed by atoms with E-state index in [4.69, 9.17) is 5.73 Å². The standard InChI is InChI=1S/C14H23N3O2/c15-12(18)8-17(9-5-6-16-7-9)14(19)13-10-3-1-2-4-11(10)13/h9-11,13,16H,1-8H2,(H2,15,18). The maximum atomic E-state index is 12.7. The van der Waals surface area contributed by atoms with Crippen LogP contribution >= 0.6 is 0 Å². The Morgan fingerprint density at radius 3 is 2.37 bits per heavy atom. The molecular formula is C14H23N3O2.